The highest BCUT2D eigenvalue weighted by atomic mass is 32.2. The summed E-state index contributed by atoms with van der Waals surface area (Å²) in [5.74, 6) is 0. The number of nitrogens with one attached hydrogen (secondary N) is 1. The number of nitrogens with zero attached hydrogens (tertiary/aromatic N) is 2. The smallest absolute Gasteiger partial charge is 0.259 e. The van der Waals surface area contributed by atoms with Crippen molar-refractivity contribution in [3.8, 4) is 0 Å². The maximum atomic E-state index is 10.7. The van der Waals surface area contributed by atoms with E-state index < -0.39 is 11.3 Å². The molecule has 0 heterocycles. The van der Waals surface area contributed by atoms with E-state index in [0.717, 1.165) is 0 Å². The van der Waals surface area contributed by atoms with Crippen LogP contribution < -0.4 is 16.2 Å². The Morgan fingerprint density at radius 2 is 1.70 bits per heavy atom. The van der Waals surface area contributed by atoms with Gasteiger partial charge in [0.05, 0.1) is 22.7 Å². The van der Waals surface area contributed by atoms with Crippen LogP contribution in [0, 0.1) is 0 Å². The highest BCUT2D eigenvalue weighted by Gasteiger charge is 2.09. The van der Waals surface area contributed by atoms with Crippen LogP contribution in [0.15, 0.2) is 52.7 Å². The number of hydrogen-bond donors (Lipinski definition) is 4. The number of benzene rings is 2. The van der Waals surface area contributed by atoms with E-state index in [1.54, 1.807) is 18.2 Å². The molecule has 0 bridgehead atoms. The van der Waals surface area contributed by atoms with E-state index in [1.165, 1.54) is 6.07 Å². The summed E-state index contributed by atoms with van der Waals surface area (Å²) < 4.78 is 21.7. The first-order valence-corrected chi connectivity index (χ1v) is 6.71. The van der Waals surface area contributed by atoms with E-state index in [9.17, 15) is 4.21 Å². The third-order valence-electron chi connectivity index (χ3n) is 2.49. The highest BCUT2D eigenvalue weighted by molar-refractivity contribution is 7.80. The fraction of sp³-hybridized carbons (Fsp3) is 0. The number of anilines is 3. The predicted octanol–water partition coefficient (Wildman–Crippen LogP) is 2.81. The minimum atomic E-state index is -2.21. The molecule has 2 rings (SSSR count). The minimum Gasteiger partial charge on any atom is -0.395 e. The van der Waals surface area contributed by atoms with Crippen LogP contribution in [0.5, 0.6) is 0 Å². The van der Waals surface area contributed by atoms with Crippen LogP contribution in [0.2, 0.25) is 0 Å². The molecule has 0 aliphatic heterocycles. The zero-order valence-corrected chi connectivity index (χ0v) is 11.2. The van der Waals surface area contributed by atoms with Crippen LogP contribution in [0.3, 0.4) is 0 Å². The van der Waals surface area contributed by atoms with Crippen molar-refractivity contribution in [1.29, 1.82) is 0 Å². The zero-order valence-electron chi connectivity index (χ0n) is 10.4. The molecule has 0 saturated heterocycles. The number of hydrogen-bond acceptors (Lipinski definition) is 5. The SMILES string of the molecule is Nc1c(N=Nc2ccccc2)ccc(NS(=O)O)c1N. The zero-order chi connectivity index (χ0) is 14.5. The van der Waals surface area contributed by atoms with Crippen molar-refractivity contribution in [2.75, 3.05) is 16.2 Å². The van der Waals surface area contributed by atoms with E-state index in [-0.39, 0.29) is 17.1 Å². The van der Waals surface area contributed by atoms with E-state index in [2.05, 4.69) is 15.0 Å². The summed E-state index contributed by atoms with van der Waals surface area (Å²) in [5, 5.41) is 8.04. The van der Waals surface area contributed by atoms with E-state index in [0.29, 0.717) is 11.4 Å². The molecule has 7 nitrogen and oxygen atoms in total. The second-order valence-corrected chi connectivity index (χ2v) is 4.55. The Balaban J connectivity index is 2.28. The van der Waals surface area contributed by atoms with Crippen molar-refractivity contribution in [1.82, 2.24) is 0 Å². The van der Waals surface area contributed by atoms with Gasteiger partial charge in [0.2, 0.25) is 0 Å². The molecule has 20 heavy (non-hydrogen) atoms. The van der Waals surface area contributed by atoms with Crippen LogP contribution in [0.4, 0.5) is 28.4 Å². The number of nitrogen functional groups attached to an aromatic ring is 2. The Morgan fingerprint density at radius 1 is 1.00 bits per heavy atom. The Labute approximate surface area is 118 Å². The first-order valence-electron chi connectivity index (χ1n) is 5.60. The van der Waals surface area contributed by atoms with Gasteiger partial charge in [-0.1, -0.05) is 18.2 Å². The lowest BCUT2D eigenvalue weighted by molar-refractivity contribution is 0.570. The fourth-order valence-electron chi connectivity index (χ4n) is 1.50. The molecule has 2 aromatic carbocycles. The molecule has 0 amide bonds. The van der Waals surface area contributed by atoms with Gasteiger partial charge < -0.3 is 11.5 Å². The Bertz CT molecular complexity index is 660. The summed E-state index contributed by atoms with van der Waals surface area (Å²) in [6.07, 6.45) is 0. The molecule has 6 N–H and O–H groups in total. The summed E-state index contributed by atoms with van der Waals surface area (Å²) in [6, 6.07) is 12.2. The van der Waals surface area contributed by atoms with Crippen LogP contribution >= 0.6 is 0 Å². The summed E-state index contributed by atoms with van der Waals surface area (Å²) in [5.41, 5.74) is 13.3. The van der Waals surface area contributed by atoms with E-state index in [1.807, 2.05) is 18.2 Å². The van der Waals surface area contributed by atoms with Crippen LogP contribution in [-0.2, 0) is 11.3 Å². The average Bonchev–Trinajstić information content (AvgIpc) is 2.44. The minimum absolute atomic E-state index is 0.150. The summed E-state index contributed by atoms with van der Waals surface area (Å²) in [4.78, 5) is 0. The first kappa shape index (κ1) is 14.0. The van der Waals surface area contributed by atoms with Gasteiger partial charge in [-0.15, -0.1) is 5.11 Å². The molecule has 1 unspecified atom stereocenters. The average molecular weight is 291 g/mol. The molecule has 0 radical (unpaired) electrons. The largest absolute Gasteiger partial charge is 0.395 e. The topological polar surface area (TPSA) is 126 Å². The number of rotatable bonds is 4. The molecule has 104 valence electrons. The molecule has 0 spiro atoms. The van der Waals surface area contributed by atoms with Gasteiger partial charge in [0.15, 0.2) is 0 Å². The fourth-order valence-corrected chi connectivity index (χ4v) is 1.87. The predicted molar refractivity (Wildman–Crippen MR) is 80.3 cm³/mol. The lowest BCUT2D eigenvalue weighted by Gasteiger charge is -2.09. The molecule has 0 aliphatic rings. The molecule has 1 atom stereocenters. The quantitative estimate of drug-likeness (QED) is 0.392. The van der Waals surface area contributed by atoms with Gasteiger partial charge in [-0.3, -0.25) is 9.27 Å². The molecular weight excluding hydrogens is 278 g/mol. The van der Waals surface area contributed by atoms with Gasteiger partial charge in [0.1, 0.15) is 5.69 Å². The van der Waals surface area contributed by atoms with Crippen LogP contribution in [0.25, 0.3) is 0 Å². The van der Waals surface area contributed by atoms with E-state index in [4.69, 9.17) is 16.0 Å². The lowest BCUT2D eigenvalue weighted by Crippen LogP contribution is -2.06. The summed E-state index contributed by atoms with van der Waals surface area (Å²) >= 11 is -2.21. The lowest BCUT2D eigenvalue weighted by atomic mass is 10.2. The van der Waals surface area contributed by atoms with Crippen molar-refractivity contribution in [3.63, 3.8) is 0 Å². The van der Waals surface area contributed by atoms with Gasteiger partial charge in [0.25, 0.3) is 11.3 Å². The van der Waals surface area contributed by atoms with Gasteiger partial charge >= 0.3 is 0 Å². The number of azo groups is 1. The molecule has 2 aromatic rings. The summed E-state index contributed by atoms with van der Waals surface area (Å²) in [7, 11) is 0. The normalized spacial score (nSPS) is 12.4. The standard InChI is InChI=1S/C12H13N5O2S/c13-11-9(16-15-8-4-2-1-3-5-8)6-7-10(12(11)14)17-20(18)19/h1-7,17H,13-14H2,(H,18,19). The molecule has 0 aromatic heterocycles. The molecule has 0 aliphatic carbocycles. The second-order valence-electron chi connectivity index (χ2n) is 3.85. The van der Waals surface area contributed by atoms with Crippen molar-refractivity contribution in [2.45, 2.75) is 0 Å². The summed E-state index contributed by atoms with van der Waals surface area (Å²) in [6.45, 7) is 0. The van der Waals surface area contributed by atoms with Gasteiger partial charge in [-0.2, -0.15) is 5.11 Å². The molecular formula is C12H13N5O2S. The Kier molecular flexibility index (Phi) is 4.28. The van der Waals surface area contributed by atoms with E-state index >= 15 is 0 Å². The highest BCUT2D eigenvalue weighted by Crippen LogP contribution is 2.35. The van der Waals surface area contributed by atoms with Gasteiger partial charge in [-0.05, 0) is 24.3 Å². The van der Waals surface area contributed by atoms with Crippen molar-refractivity contribution in [2.24, 2.45) is 10.2 Å². The maximum Gasteiger partial charge on any atom is 0.259 e. The van der Waals surface area contributed by atoms with Crippen LogP contribution in [0.1, 0.15) is 0 Å². The first-order chi connectivity index (χ1) is 9.58. The Hall–Kier alpha value is -2.45. The van der Waals surface area contributed by atoms with Crippen molar-refractivity contribution >= 4 is 39.7 Å². The molecule has 0 fully saturated rings. The van der Waals surface area contributed by atoms with Gasteiger partial charge in [-0.25, -0.2) is 4.21 Å². The van der Waals surface area contributed by atoms with Crippen molar-refractivity contribution < 1.29 is 8.76 Å². The van der Waals surface area contributed by atoms with Gasteiger partial charge in [0, 0.05) is 0 Å². The Morgan fingerprint density at radius 3 is 2.35 bits per heavy atom. The second kappa shape index (κ2) is 6.13. The third-order valence-corrected chi connectivity index (χ3v) is 2.89. The number of nitrogens with two attached hydrogens (primary N) is 2. The monoisotopic (exact) mass is 291 g/mol. The maximum absolute atomic E-state index is 10.7. The van der Waals surface area contributed by atoms with Crippen molar-refractivity contribution in [3.05, 3.63) is 42.5 Å². The third kappa shape index (κ3) is 3.31. The molecule has 8 heteroatoms. The molecule has 0 saturated carbocycles. The van der Waals surface area contributed by atoms with Crippen LogP contribution in [-0.4, -0.2) is 8.76 Å².